The quantitative estimate of drug-likeness (QED) is 0.815. The normalized spacial score (nSPS) is 22.6. The Kier molecular flexibility index (Phi) is 3.08. The lowest BCUT2D eigenvalue weighted by Crippen LogP contribution is -2.37. The number of hydrogen-bond donors (Lipinski definition) is 1. The monoisotopic (exact) mass is 213 g/mol. The van der Waals surface area contributed by atoms with Crippen molar-refractivity contribution in [1.29, 1.82) is 0 Å². The van der Waals surface area contributed by atoms with E-state index in [2.05, 4.69) is 14.9 Å². The second-order valence-corrected chi connectivity index (χ2v) is 4.27. The van der Waals surface area contributed by atoms with Gasteiger partial charge in [-0.2, -0.15) is 0 Å². The summed E-state index contributed by atoms with van der Waals surface area (Å²) in [6, 6.07) is 0.564. The Hall–Kier alpha value is -0.540. The molecule has 2 heterocycles. The molecule has 1 fully saturated rings. The summed E-state index contributed by atoms with van der Waals surface area (Å²) in [6.07, 6.45) is 5.59. The van der Waals surface area contributed by atoms with Gasteiger partial charge < -0.3 is 9.88 Å². The number of rotatable bonds is 2. The molecule has 3 nitrogen and oxygen atoms in total. The van der Waals surface area contributed by atoms with Crippen LogP contribution < -0.4 is 5.32 Å². The molecule has 1 aliphatic rings. The first-order valence-corrected chi connectivity index (χ1v) is 5.56. The zero-order chi connectivity index (χ0) is 9.97. The molecule has 0 spiro atoms. The Morgan fingerprint density at radius 3 is 3.07 bits per heavy atom. The van der Waals surface area contributed by atoms with Crippen molar-refractivity contribution in [3.63, 3.8) is 0 Å². The second-order valence-electron chi connectivity index (χ2n) is 3.89. The van der Waals surface area contributed by atoms with Crippen LogP contribution in [-0.2, 0) is 6.54 Å². The van der Waals surface area contributed by atoms with Crippen molar-refractivity contribution in [3.05, 3.63) is 17.2 Å². The van der Waals surface area contributed by atoms with E-state index in [4.69, 9.17) is 11.6 Å². The second kappa shape index (κ2) is 4.32. The van der Waals surface area contributed by atoms with Crippen LogP contribution in [0.1, 0.15) is 25.1 Å². The molecule has 1 saturated heterocycles. The van der Waals surface area contributed by atoms with Crippen LogP contribution in [0.3, 0.4) is 0 Å². The van der Waals surface area contributed by atoms with Crippen LogP contribution in [0, 0.1) is 6.92 Å². The molecule has 0 aromatic carbocycles. The largest absolute Gasteiger partial charge is 0.318 e. The molecule has 1 aromatic heterocycles. The van der Waals surface area contributed by atoms with Gasteiger partial charge in [0, 0.05) is 12.6 Å². The smallest absolute Gasteiger partial charge is 0.128 e. The first-order valence-electron chi connectivity index (χ1n) is 5.18. The minimum atomic E-state index is 0.564. The van der Waals surface area contributed by atoms with Gasteiger partial charge >= 0.3 is 0 Å². The molecule has 0 saturated carbocycles. The highest BCUT2D eigenvalue weighted by molar-refractivity contribution is 6.29. The highest BCUT2D eigenvalue weighted by Crippen LogP contribution is 2.15. The molecule has 4 heteroatoms. The molecule has 0 aliphatic carbocycles. The summed E-state index contributed by atoms with van der Waals surface area (Å²) in [6.45, 7) is 4.08. The zero-order valence-corrected chi connectivity index (χ0v) is 9.22. The molecule has 0 radical (unpaired) electrons. The number of aromatic nitrogens is 2. The van der Waals surface area contributed by atoms with Crippen molar-refractivity contribution in [3.8, 4) is 0 Å². The van der Waals surface area contributed by atoms with Crippen molar-refractivity contribution in [1.82, 2.24) is 14.9 Å². The number of hydrogen-bond acceptors (Lipinski definition) is 2. The Morgan fingerprint density at radius 2 is 2.50 bits per heavy atom. The average Bonchev–Trinajstić information content (AvgIpc) is 2.51. The standard InChI is InChI=1S/C10H16ClN3/c1-8-13-6-10(11)14(8)7-9-4-2-3-5-12-9/h6,9,12H,2-5,7H2,1H3. The molecule has 1 atom stereocenters. The maximum atomic E-state index is 6.04. The van der Waals surface area contributed by atoms with Gasteiger partial charge in [-0.05, 0) is 26.3 Å². The van der Waals surface area contributed by atoms with Gasteiger partial charge in [-0.1, -0.05) is 18.0 Å². The lowest BCUT2D eigenvalue weighted by Gasteiger charge is -2.24. The van der Waals surface area contributed by atoms with E-state index in [0.29, 0.717) is 6.04 Å². The van der Waals surface area contributed by atoms with Gasteiger partial charge in [-0.25, -0.2) is 4.98 Å². The summed E-state index contributed by atoms with van der Waals surface area (Å²) < 4.78 is 2.07. The fourth-order valence-electron chi connectivity index (χ4n) is 1.96. The van der Waals surface area contributed by atoms with Gasteiger partial charge in [0.15, 0.2) is 0 Å². The SMILES string of the molecule is Cc1ncc(Cl)n1CC1CCCCN1. The minimum absolute atomic E-state index is 0.564. The molecule has 78 valence electrons. The summed E-state index contributed by atoms with van der Waals surface area (Å²) in [7, 11) is 0. The molecule has 1 unspecified atom stereocenters. The number of nitrogens with zero attached hydrogens (tertiary/aromatic N) is 2. The van der Waals surface area contributed by atoms with E-state index < -0.39 is 0 Å². The highest BCUT2D eigenvalue weighted by atomic mass is 35.5. The van der Waals surface area contributed by atoms with Crippen LogP contribution >= 0.6 is 11.6 Å². The number of halogens is 1. The molecule has 1 aromatic rings. The number of piperidine rings is 1. The van der Waals surface area contributed by atoms with Gasteiger partial charge in [0.05, 0.1) is 6.20 Å². The van der Waals surface area contributed by atoms with Gasteiger partial charge in [-0.3, -0.25) is 0 Å². The maximum absolute atomic E-state index is 6.04. The molecule has 1 N–H and O–H groups in total. The summed E-state index contributed by atoms with van der Waals surface area (Å²) in [4.78, 5) is 4.18. The lowest BCUT2D eigenvalue weighted by molar-refractivity contribution is 0.361. The van der Waals surface area contributed by atoms with Crippen molar-refractivity contribution in [2.75, 3.05) is 6.54 Å². The minimum Gasteiger partial charge on any atom is -0.318 e. The van der Waals surface area contributed by atoms with Gasteiger partial charge in [-0.15, -0.1) is 0 Å². The lowest BCUT2D eigenvalue weighted by atomic mass is 10.1. The van der Waals surface area contributed by atoms with Gasteiger partial charge in [0.1, 0.15) is 11.0 Å². The molecule has 0 amide bonds. The molecule has 0 bridgehead atoms. The topological polar surface area (TPSA) is 29.9 Å². The number of aryl methyl sites for hydroxylation is 1. The van der Waals surface area contributed by atoms with Crippen molar-refractivity contribution in [2.24, 2.45) is 0 Å². The van der Waals surface area contributed by atoms with E-state index in [1.165, 1.54) is 19.3 Å². The predicted octanol–water partition coefficient (Wildman–Crippen LogP) is 1.99. The first kappa shape index (κ1) is 9.99. The third-order valence-corrected chi connectivity index (χ3v) is 3.12. The predicted molar refractivity (Wildman–Crippen MR) is 57.6 cm³/mol. The van der Waals surface area contributed by atoms with Crippen molar-refractivity contribution >= 4 is 11.6 Å². The number of imidazole rings is 1. The summed E-state index contributed by atoms with van der Waals surface area (Å²) >= 11 is 6.04. The fourth-order valence-corrected chi connectivity index (χ4v) is 2.20. The van der Waals surface area contributed by atoms with Crippen LogP contribution in [0.5, 0.6) is 0 Å². The average molecular weight is 214 g/mol. The maximum Gasteiger partial charge on any atom is 0.128 e. The van der Waals surface area contributed by atoms with Crippen LogP contribution in [0.2, 0.25) is 5.15 Å². The van der Waals surface area contributed by atoms with Crippen LogP contribution in [0.4, 0.5) is 0 Å². The van der Waals surface area contributed by atoms with E-state index in [1.54, 1.807) is 6.20 Å². The molecular formula is C10H16ClN3. The van der Waals surface area contributed by atoms with Crippen LogP contribution in [0.15, 0.2) is 6.20 Å². The molecule has 2 rings (SSSR count). The molecular weight excluding hydrogens is 198 g/mol. The Bertz CT molecular complexity index is 283. The van der Waals surface area contributed by atoms with E-state index in [0.717, 1.165) is 24.1 Å². The summed E-state index contributed by atoms with van der Waals surface area (Å²) in [5, 5.41) is 4.25. The van der Waals surface area contributed by atoms with Crippen LogP contribution in [-0.4, -0.2) is 22.1 Å². The Morgan fingerprint density at radius 1 is 1.64 bits per heavy atom. The Labute approximate surface area is 89.5 Å². The third kappa shape index (κ3) is 2.10. The van der Waals surface area contributed by atoms with E-state index in [-0.39, 0.29) is 0 Å². The van der Waals surface area contributed by atoms with Crippen LogP contribution in [0.25, 0.3) is 0 Å². The third-order valence-electron chi connectivity index (χ3n) is 2.82. The zero-order valence-electron chi connectivity index (χ0n) is 8.46. The fraction of sp³-hybridized carbons (Fsp3) is 0.700. The van der Waals surface area contributed by atoms with E-state index >= 15 is 0 Å². The summed E-state index contributed by atoms with van der Waals surface area (Å²) in [5.41, 5.74) is 0. The van der Waals surface area contributed by atoms with Crippen molar-refractivity contribution in [2.45, 2.75) is 38.8 Å². The number of nitrogens with one attached hydrogen (secondary N) is 1. The van der Waals surface area contributed by atoms with Gasteiger partial charge in [0.25, 0.3) is 0 Å². The van der Waals surface area contributed by atoms with E-state index in [9.17, 15) is 0 Å². The van der Waals surface area contributed by atoms with E-state index in [1.807, 2.05) is 6.92 Å². The molecule has 1 aliphatic heterocycles. The Balaban J connectivity index is 2.02. The first-order chi connectivity index (χ1) is 6.77. The molecule has 14 heavy (non-hydrogen) atoms. The van der Waals surface area contributed by atoms with Gasteiger partial charge in [0.2, 0.25) is 0 Å². The van der Waals surface area contributed by atoms with Crippen molar-refractivity contribution < 1.29 is 0 Å². The highest BCUT2D eigenvalue weighted by Gasteiger charge is 2.15. The summed E-state index contributed by atoms with van der Waals surface area (Å²) in [5.74, 6) is 1.00.